The number of hydrogen-bond acceptors (Lipinski definition) is 8. The molecule has 1 saturated heterocycles. The Kier molecular flexibility index (Phi) is 4.73. The molecule has 2 aliphatic heterocycles. The Labute approximate surface area is 211 Å². The van der Waals surface area contributed by atoms with Gasteiger partial charge < -0.3 is 29.9 Å². The molecule has 0 unspecified atom stereocenters. The lowest BCUT2D eigenvalue weighted by Gasteiger charge is -2.63. The van der Waals surface area contributed by atoms with Crippen LogP contribution in [0.15, 0.2) is 23.3 Å². The molecule has 4 aliphatic carbocycles. The molecule has 0 aromatic carbocycles. The van der Waals surface area contributed by atoms with Crippen LogP contribution in [0, 0.1) is 22.7 Å². The summed E-state index contributed by atoms with van der Waals surface area (Å²) >= 11 is 0. The molecule has 0 bridgehead atoms. The zero-order valence-corrected chi connectivity index (χ0v) is 21.7. The summed E-state index contributed by atoms with van der Waals surface area (Å²) in [6.07, 6.45) is 2.84. The van der Waals surface area contributed by atoms with Gasteiger partial charge in [-0.15, -0.1) is 0 Å². The standard InChI is InChI=1S/C28H38O8/c1-14-12-20(35-22(31)15(14)2)25(5,32)27(34)11-10-26(33)17-13-21-28(36-21)19(30)7-6-18(29)24(28,4)16(17)8-9-23(26,27)3/h6-7,16-17,19-21,30,32-34H,8-13H2,1-5H3/t16-,17+,19-,20+,21+,23-,24-,25-,26+,27-,28-/m0/s1. The Hall–Kier alpha value is -1.58. The highest BCUT2D eigenvalue weighted by Crippen LogP contribution is 2.75. The molecule has 8 nitrogen and oxygen atoms in total. The monoisotopic (exact) mass is 502 g/mol. The van der Waals surface area contributed by atoms with Crippen LogP contribution >= 0.6 is 0 Å². The van der Waals surface area contributed by atoms with Gasteiger partial charge in [0.05, 0.1) is 17.1 Å². The fourth-order valence-electron chi connectivity index (χ4n) is 9.42. The number of aliphatic hydroxyl groups excluding tert-OH is 1. The molecule has 4 N–H and O–H groups in total. The molecule has 11 atom stereocenters. The van der Waals surface area contributed by atoms with Crippen LogP contribution in [0.5, 0.6) is 0 Å². The number of aliphatic hydroxyl groups is 4. The number of cyclic esters (lactones) is 1. The van der Waals surface area contributed by atoms with Crippen LogP contribution < -0.4 is 0 Å². The highest BCUT2D eigenvalue weighted by Gasteiger charge is 2.84. The molecule has 1 spiro atoms. The summed E-state index contributed by atoms with van der Waals surface area (Å²) in [6, 6.07) is 0. The van der Waals surface area contributed by atoms with Crippen molar-refractivity contribution in [3.63, 3.8) is 0 Å². The van der Waals surface area contributed by atoms with Gasteiger partial charge in [0.25, 0.3) is 0 Å². The average Bonchev–Trinajstić information content (AvgIpc) is 3.51. The van der Waals surface area contributed by atoms with Gasteiger partial charge in [0, 0.05) is 17.4 Å². The number of esters is 1. The molecule has 0 amide bonds. The first-order valence-electron chi connectivity index (χ1n) is 13.2. The minimum atomic E-state index is -1.81. The third-order valence-electron chi connectivity index (χ3n) is 12.1. The van der Waals surface area contributed by atoms with Gasteiger partial charge in [-0.05, 0) is 83.8 Å². The van der Waals surface area contributed by atoms with Crippen molar-refractivity contribution in [3.8, 4) is 0 Å². The Morgan fingerprint density at radius 3 is 2.44 bits per heavy atom. The van der Waals surface area contributed by atoms with E-state index in [0.717, 1.165) is 5.57 Å². The molecule has 6 aliphatic rings. The number of epoxide rings is 1. The molecular weight excluding hydrogens is 464 g/mol. The Bertz CT molecular complexity index is 1120. The van der Waals surface area contributed by atoms with Crippen molar-refractivity contribution >= 4 is 11.8 Å². The SMILES string of the molecule is CC1=C(C)C(=O)O[C@@H]([C@](C)(O)[C@]2(O)CC[C@@]3(O)[C@@H]4C[C@H]5O[C@@]56[C@@H](O)C=CC(=O)[C@]6(C)[C@H]4CC[C@]23C)C1. The molecule has 3 saturated carbocycles. The summed E-state index contributed by atoms with van der Waals surface area (Å²) in [7, 11) is 0. The fraction of sp³-hybridized carbons (Fsp3) is 0.786. The molecule has 4 fully saturated rings. The summed E-state index contributed by atoms with van der Waals surface area (Å²) in [5, 5.41) is 47.5. The van der Waals surface area contributed by atoms with Crippen LogP contribution in [-0.2, 0) is 19.1 Å². The van der Waals surface area contributed by atoms with E-state index in [-0.39, 0.29) is 36.6 Å². The van der Waals surface area contributed by atoms with Crippen LogP contribution in [0.4, 0.5) is 0 Å². The molecule has 6 rings (SSSR count). The van der Waals surface area contributed by atoms with Gasteiger partial charge >= 0.3 is 5.97 Å². The average molecular weight is 503 g/mol. The number of fused-ring (bicyclic) bond motifs is 4. The van der Waals surface area contributed by atoms with Crippen molar-refractivity contribution in [3.05, 3.63) is 23.3 Å². The van der Waals surface area contributed by atoms with E-state index in [2.05, 4.69) is 0 Å². The van der Waals surface area contributed by atoms with Crippen molar-refractivity contribution < 1.29 is 39.5 Å². The Morgan fingerprint density at radius 2 is 1.78 bits per heavy atom. The largest absolute Gasteiger partial charge is 0.455 e. The predicted octanol–water partition coefficient (Wildman–Crippen LogP) is 1.73. The number of allylic oxidation sites excluding steroid dienone is 1. The van der Waals surface area contributed by atoms with Gasteiger partial charge in [-0.1, -0.05) is 12.5 Å². The maximum Gasteiger partial charge on any atom is 0.334 e. The molecule has 0 aromatic rings. The van der Waals surface area contributed by atoms with E-state index in [0.29, 0.717) is 31.3 Å². The molecule has 0 radical (unpaired) electrons. The van der Waals surface area contributed by atoms with Gasteiger partial charge in [0.2, 0.25) is 0 Å². The van der Waals surface area contributed by atoms with E-state index >= 15 is 0 Å². The van der Waals surface area contributed by atoms with E-state index in [4.69, 9.17) is 9.47 Å². The first-order valence-corrected chi connectivity index (χ1v) is 13.2. The van der Waals surface area contributed by atoms with Gasteiger partial charge in [-0.2, -0.15) is 0 Å². The highest BCUT2D eigenvalue weighted by molar-refractivity contribution is 5.98. The second kappa shape index (κ2) is 6.89. The Balaban J connectivity index is 1.39. The minimum absolute atomic E-state index is 0.0933. The molecular formula is C28H38O8. The smallest absolute Gasteiger partial charge is 0.334 e. The molecule has 2 heterocycles. The third kappa shape index (κ3) is 2.40. The number of ether oxygens (including phenoxy) is 2. The molecule has 198 valence electrons. The molecule has 8 heteroatoms. The van der Waals surface area contributed by atoms with Crippen LogP contribution in [0.2, 0.25) is 0 Å². The first-order chi connectivity index (χ1) is 16.6. The van der Waals surface area contributed by atoms with E-state index in [1.807, 2.05) is 20.8 Å². The maximum atomic E-state index is 13.3. The second-order valence-corrected chi connectivity index (χ2v) is 13.0. The lowest BCUT2D eigenvalue weighted by atomic mass is 9.42. The van der Waals surface area contributed by atoms with Crippen molar-refractivity contribution in [2.24, 2.45) is 22.7 Å². The summed E-state index contributed by atoms with van der Waals surface area (Å²) < 4.78 is 11.7. The lowest BCUT2D eigenvalue weighted by molar-refractivity contribution is -0.283. The normalized spacial score (nSPS) is 55.2. The quantitative estimate of drug-likeness (QED) is 0.331. The van der Waals surface area contributed by atoms with Crippen LogP contribution in [0.1, 0.15) is 73.1 Å². The van der Waals surface area contributed by atoms with Crippen molar-refractivity contribution in [1.82, 2.24) is 0 Å². The lowest BCUT2D eigenvalue weighted by Crippen LogP contribution is -2.73. The van der Waals surface area contributed by atoms with E-state index in [1.165, 1.54) is 19.1 Å². The highest BCUT2D eigenvalue weighted by atomic mass is 16.6. The maximum absolute atomic E-state index is 13.3. The molecule has 0 aromatic heterocycles. The topological polar surface area (TPSA) is 137 Å². The van der Waals surface area contributed by atoms with Gasteiger partial charge in [-0.25, -0.2) is 4.79 Å². The van der Waals surface area contributed by atoms with E-state index < -0.39 is 51.4 Å². The van der Waals surface area contributed by atoms with Gasteiger partial charge in [0.15, 0.2) is 5.78 Å². The Morgan fingerprint density at radius 1 is 1.08 bits per heavy atom. The zero-order valence-electron chi connectivity index (χ0n) is 21.7. The van der Waals surface area contributed by atoms with Crippen molar-refractivity contribution in [1.29, 1.82) is 0 Å². The van der Waals surface area contributed by atoms with E-state index in [9.17, 15) is 30.0 Å². The summed E-state index contributed by atoms with van der Waals surface area (Å²) in [6.45, 7) is 8.73. The second-order valence-electron chi connectivity index (χ2n) is 13.0. The number of ketones is 1. The summed E-state index contributed by atoms with van der Waals surface area (Å²) in [4.78, 5) is 25.8. The molecule has 36 heavy (non-hydrogen) atoms. The van der Waals surface area contributed by atoms with Crippen molar-refractivity contribution in [2.45, 2.75) is 114 Å². The number of carbonyl (C=O) groups excluding carboxylic acids is 2. The first kappa shape index (κ1) is 24.7. The predicted molar refractivity (Wildman–Crippen MR) is 127 cm³/mol. The third-order valence-corrected chi connectivity index (χ3v) is 12.1. The van der Waals surface area contributed by atoms with Crippen molar-refractivity contribution in [2.75, 3.05) is 0 Å². The van der Waals surface area contributed by atoms with Crippen LogP contribution in [0.3, 0.4) is 0 Å². The number of carbonyl (C=O) groups is 2. The summed E-state index contributed by atoms with van der Waals surface area (Å²) in [5.41, 5.74) is -6.64. The van der Waals surface area contributed by atoms with Crippen LogP contribution in [0.25, 0.3) is 0 Å². The summed E-state index contributed by atoms with van der Waals surface area (Å²) in [5.74, 6) is -1.19. The van der Waals surface area contributed by atoms with Gasteiger partial charge in [0.1, 0.15) is 29.0 Å². The fourth-order valence-corrected chi connectivity index (χ4v) is 9.42. The minimum Gasteiger partial charge on any atom is -0.455 e. The van der Waals surface area contributed by atoms with Crippen LogP contribution in [-0.4, -0.2) is 72.9 Å². The van der Waals surface area contributed by atoms with Gasteiger partial charge in [-0.3, -0.25) is 4.79 Å². The number of rotatable bonds is 2. The zero-order chi connectivity index (χ0) is 26.3. The number of hydrogen-bond donors (Lipinski definition) is 4. The van der Waals surface area contributed by atoms with E-state index in [1.54, 1.807) is 6.92 Å².